The van der Waals surface area contributed by atoms with Crippen molar-refractivity contribution in [2.75, 3.05) is 19.7 Å². The minimum atomic E-state index is -1.05. The van der Waals surface area contributed by atoms with E-state index in [9.17, 15) is 19.8 Å². The number of likely N-dealkylation sites (tertiary alicyclic amines) is 1. The van der Waals surface area contributed by atoms with E-state index in [0.717, 1.165) is 25.7 Å². The topological polar surface area (TPSA) is 90.3 Å². The number of carboxylic acids is 1. The Kier molecular flexibility index (Phi) is 4.03. The molecule has 2 heterocycles. The fourth-order valence-electron chi connectivity index (χ4n) is 3.76. The van der Waals surface area contributed by atoms with E-state index in [1.807, 2.05) is 0 Å². The summed E-state index contributed by atoms with van der Waals surface area (Å²) in [5, 5.41) is 18.9. The zero-order chi connectivity index (χ0) is 15.0. The molecule has 7 nitrogen and oxygen atoms in total. The summed E-state index contributed by atoms with van der Waals surface area (Å²) in [6, 6.07) is -1.14. The van der Waals surface area contributed by atoms with E-state index >= 15 is 0 Å². The van der Waals surface area contributed by atoms with Crippen LogP contribution in [0.4, 0.5) is 4.79 Å². The van der Waals surface area contributed by atoms with Crippen LogP contribution in [0, 0.1) is 0 Å². The van der Waals surface area contributed by atoms with Crippen LogP contribution in [0.2, 0.25) is 0 Å². The van der Waals surface area contributed by atoms with Crippen molar-refractivity contribution in [3.05, 3.63) is 0 Å². The average molecular weight is 298 g/mol. The molecule has 0 aromatic rings. The number of hydrogen-bond donors (Lipinski definition) is 2. The van der Waals surface area contributed by atoms with Crippen molar-refractivity contribution in [1.82, 2.24) is 9.80 Å². The minimum absolute atomic E-state index is 0.0483. The standard InChI is InChI=1S/C14H22N2O5/c17-9-7-11(13(18)19)16(8-9)14(20)15-5-6-21-12-4-2-1-3-10(12)15/h9-12,17H,1-8H2,(H,18,19)/t9-,10?,11-,12?/m0/s1. The van der Waals surface area contributed by atoms with Gasteiger partial charge in [0.05, 0.1) is 24.9 Å². The first-order valence-electron chi connectivity index (χ1n) is 7.67. The second kappa shape index (κ2) is 5.81. The quantitative estimate of drug-likeness (QED) is 0.725. The molecular formula is C14H22N2O5. The number of β-amino-alcohol motifs (C(OH)–C–C–N with tert-alkyl or cyclic N) is 1. The van der Waals surface area contributed by atoms with Crippen LogP contribution in [0.3, 0.4) is 0 Å². The average Bonchev–Trinajstić information content (AvgIpc) is 2.88. The number of carboxylic acid groups (broad SMARTS) is 1. The zero-order valence-electron chi connectivity index (χ0n) is 12.0. The molecule has 0 bridgehead atoms. The molecule has 1 aliphatic carbocycles. The number of aliphatic carboxylic acids is 1. The van der Waals surface area contributed by atoms with Crippen LogP contribution in [0.25, 0.3) is 0 Å². The van der Waals surface area contributed by atoms with Crippen molar-refractivity contribution in [2.45, 2.75) is 56.4 Å². The predicted octanol–water partition coefficient (Wildman–Crippen LogP) is 0.270. The molecule has 2 unspecified atom stereocenters. The number of fused-ring (bicyclic) bond motifs is 1. The molecule has 2 N–H and O–H groups in total. The molecule has 0 aromatic carbocycles. The number of rotatable bonds is 1. The first-order valence-corrected chi connectivity index (χ1v) is 7.67. The first-order chi connectivity index (χ1) is 10.1. The Morgan fingerprint density at radius 2 is 1.90 bits per heavy atom. The van der Waals surface area contributed by atoms with Crippen LogP contribution >= 0.6 is 0 Å². The van der Waals surface area contributed by atoms with Crippen LogP contribution in [-0.4, -0.2) is 76.0 Å². The second-order valence-corrected chi connectivity index (χ2v) is 6.13. The van der Waals surface area contributed by atoms with Crippen molar-refractivity contribution in [3.63, 3.8) is 0 Å². The van der Waals surface area contributed by atoms with Crippen LogP contribution < -0.4 is 0 Å². The van der Waals surface area contributed by atoms with Gasteiger partial charge in [-0.05, 0) is 12.8 Å². The predicted molar refractivity (Wildman–Crippen MR) is 72.9 cm³/mol. The van der Waals surface area contributed by atoms with Crippen LogP contribution in [0.5, 0.6) is 0 Å². The van der Waals surface area contributed by atoms with Crippen molar-refractivity contribution < 1.29 is 24.5 Å². The lowest BCUT2D eigenvalue weighted by Gasteiger charge is -2.45. The number of ether oxygens (including phenoxy) is 1. The molecule has 3 aliphatic rings. The number of carbonyl (C=O) groups is 2. The van der Waals surface area contributed by atoms with Gasteiger partial charge in [0.25, 0.3) is 0 Å². The smallest absolute Gasteiger partial charge is 0.326 e. The summed E-state index contributed by atoms with van der Waals surface area (Å²) in [6.07, 6.45) is 3.48. The lowest BCUT2D eigenvalue weighted by molar-refractivity contribution is -0.141. The van der Waals surface area contributed by atoms with Crippen LogP contribution in [-0.2, 0) is 9.53 Å². The number of morpholine rings is 1. The van der Waals surface area contributed by atoms with Gasteiger partial charge in [0.15, 0.2) is 0 Å². The van der Waals surface area contributed by atoms with Gasteiger partial charge in [0.2, 0.25) is 0 Å². The molecule has 7 heteroatoms. The second-order valence-electron chi connectivity index (χ2n) is 6.13. The minimum Gasteiger partial charge on any atom is -0.480 e. The molecule has 0 spiro atoms. The van der Waals surface area contributed by atoms with Gasteiger partial charge in [0.1, 0.15) is 6.04 Å². The number of amides is 2. The van der Waals surface area contributed by atoms with E-state index in [-0.39, 0.29) is 31.1 Å². The number of aliphatic hydroxyl groups is 1. The van der Waals surface area contributed by atoms with Crippen LogP contribution in [0.1, 0.15) is 32.1 Å². The number of urea groups is 1. The molecule has 3 rings (SSSR count). The third kappa shape index (κ3) is 2.72. The first kappa shape index (κ1) is 14.6. The van der Waals surface area contributed by atoms with Gasteiger partial charge >= 0.3 is 12.0 Å². The third-order valence-electron chi connectivity index (χ3n) is 4.79. The largest absolute Gasteiger partial charge is 0.480 e. The molecule has 2 saturated heterocycles. The molecule has 3 fully saturated rings. The maximum Gasteiger partial charge on any atom is 0.326 e. The van der Waals surface area contributed by atoms with Crippen molar-refractivity contribution in [3.8, 4) is 0 Å². The Labute approximate surface area is 123 Å². The number of carbonyl (C=O) groups excluding carboxylic acids is 1. The fourth-order valence-corrected chi connectivity index (χ4v) is 3.76. The monoisotopic (exact) mass is 298 g/mol. The summed E-state index contributed by atoms with van der Waals surface area (Å²) in [5.41, 5.74) is 0. The Balaban J connectivity index is 1.75. The van der Waals surface area contributed by atoms with E-state index in [4.69, 9.17) is 4.74 Å². The summed E-state index contributed by atoms with van der Waals surface area (Å²) in [6.45, 7) is 1.10. The van der Waals surface area contributed by atoms with Gasteiger partial charge in [-0.25, -0.2) is 9.59 Å². The van der Waals surface area contributed by atoms with E-state index in [0.29, 0.717) is 13.2 Å². The number of hydrogen-bond acceptors (Lipinski definition) is 4. The molecular weight excluding hydrogens is 276 g/mol. The van der Waals surface area contributed by atoms with Gasteiger partial charge in [-0.15, -0.1) is 0 Å². The molecule has 0 radical (unpaired) electrons. The van der Waals surface area contributed by atoms with Gasteiger partial charge in [-0.1, -0.05) is 12.8 Å². The SMILES string of the molecule is O=C(O)[C@@H]1C[C@H](O)CN1C(=O)N1CCOC2CCCCC21. The van der Waals surface area contributed by atoms with Gasteiger partial charge in [-0.3, -0.25) is 0 Å². The maximum atomic E-state index is 12.7. The molecule has 4 atom stereocenters. The summed E-state index contributed by atoms with van der Waals surface area (Å²) in [4.78, 5) is 27.1. The highest BCUT2D eigenvalue weighted by Gasteiger charge is 2.44. The van der Waals surface area contributed by atoms with Crippen LogP contribution in [0.15, 0.2) is 0 Å². The molecule has 1 saturated carbocycles. The normalized spacial score (nSPS) is 36.4. The van der Waals surface area contributed by atoms with E-state index in [2.05, 4.69) is 0 Å². The van der Waals surface area contributed by atoms with E-state index in [1.54, 1.807) is 4.90 Å². The zero-order valence-corrected chi connectivity index (χ0v) is 12.0. The van der Waals surface area contributed by atoms with Gasteiger partial charge < -0.3 is 24.7 Å². The molecule has 0 aromatic heterocycles. The number of aliphatic hydroxyl groups excluding tert-OH is 1. The van der Waals surface area contributed by atoms with E-state index in [1.165, 1.54) is 4.90 Å². The Morgan fingerprint density at radius 1 is 1.14 bits per heavy atom. The summed E-state index contributed by atoms with van der Waals surface area (Å²) >= 11 is 0. The molecule has 2 aliphatic heterocycles. The summed E-state index contributed by atoms with van der Waals surface area (Å²) in [7, 11) is 0. The highest BCUT2D eigenvalue weighted by Crippen LogP contribution is 2.30. The maximum absolute atomic E-state index is 12.7. The Morgan fingerprint density at radius 3 is 2.67 bits per heavy atom. The van der Waals surface area contributed by atoms with Gasteiger partial charge in [-0.2, -0.15) is 0 Å². The fraction of sp³-hybridized carbons (Fsp3) is 0.857. The highest BCUT2D eigenvalue weighted by atomic mass is 16.5. The number of nitrogens with zero attached hydrogens (tertiary/aromatic N) is 2. The summed E-state index contributed by atoms with van der Waals surface area (Å²) in [5.74, 6) is -1.05. The highest BCUT2D eigenvalue weighted by molar-refractivity contribution is 5.83. The lowest BCUT2D eigenvalue weighted by atomic mass is 9.90. The van der Waals surface area contributed by atoms with Crippen molar-refractivity contribution in [1.29, 1.82) is 0 Å². The van der Waals surface area contributed by atoms with Crippen molar-refractivity contribution in [2.24, 2.45) is 0 Å². The molecule has 21 heavy (non-hydrogen) atoms. The third-order valence-corrected chi connectivity index (χ3v) is 4.79. The Bertz CT molecular complexity index is 428. The van der Waals surface area contributed by atoms with Gasteiger partial charge in [0, 0.05) is 19.5 Å². The summed E-state index contributed by atoms with van der Waals surface area (Å²) < 4.78 is 5.74. The molecule has 2 amide bonds. The Hall–Kier alpha value is -1.34. The van der Waals surface area contributed by atoms with Crippen molar-refractivity contribution >= 4 is 12.0 Å². The lowest BCUT2D eigenvalue weighted by Crippen LogP contribution is -2.59. The molecule has 118 valence electrons. The van der Waals surface area contributed by atoms with E-state index < -0.39 is 18.1 Å².